The molecule has 0 saturated heterocycles. The zero-order valence-electron chi connectivity index (χ0n) is 19.3. The van der Waals surface area contributed by atoms with Crippen molar-refractivity contribution in [3.8, 4) is 11.3 Å². The summed E-state index contributed by atoms with van der Waals surface area (Å²) in [5, 5.41) is 20.8. The number of benzene rings is 1. The van der Waals surface area contributed by atoms with Gasteiger partial charge < -0.3 is 10.4 Å². The number of rotatable bonds is 5. The van der Waals surface area contributed by atoms with Gasteiger partial charge in [-0.3, -0.25) is 9.78 Å². The van der Waals surface area contributed by atoms with Crippen LogP contribution < -0.4 is 5.32 Å². The molecule has 2 aromatic heterocycles. The maximum absolute atomic E-state index is 14.4. The lowest BCUT2D eigenvalue weighted by atomic mass is 9.66. The van der Waals surface area contributed by atoms with E-state index in [-0.39, 0.29) is 41.1 Å². The summed E-state index contributed by atoms with van der Waals surface area (Å²) in [6.07, 6.45) is 3.26. The Bertz CT molecular complexity index is 1280. The van der Waals surface area contributed by atoms with Crippen LogP contribution in [0.2, 0.25) is 0 Å². The fraction of sp³-hybridized carbons (Fsp3) is 0.385. The van der Waals surface area contributed by atoms with Gasteiger partial charge in [0.15, 0.2) is 0 Å². The molecule has 3 atom stereocenters. The average Bonchev–Trinajstić information content (AvgIpc) is 3.20. The van der Waals surface area contributed by atoms with E-state index in [2.05, 4.69) is 34.3 Å². The Morgan fingerprint density at radius 1 is 1.21 bits per heavy atom. The van der Waals surface area contributed by atoms with Crippen molar-refractivity contribution in [1.82, 2.24) is 20.5 Å². The van der Waals surface area contributed by atoms with Crippen LogP contribution in [0.15, 0.2) is 42.6 Å². The molecule has 2 aliphatic rings. The Kier molecular flexibility index (Phi) is 5.24. The Morgan fingerprint density at radius 2 is 1.94 bits per heavy atom. The minimum Gasteiger partial charge on any atom is -0.394 e. The summed E-state index contributed by atoms with van der Waals surface area (Å²) in [6, 6.07) is 8.56. The molecule has 2 bridgehead atoms. The van der Waals surface area contributed by atoms with Gasteiger partial charge in [0.25, 0.3) is 5.91 Å². The van der Waals surface area contributed by atoms with E-state index in [1.54, 1.807) is 31.3 Å². The van der Waals surface area contributed by atoms with Crippen molar-refractivity contribution in [1.29, 1.82) is 0 Å². The van der Waals surface area contributed by atoms with Crippen molar-refractivity contribution in [2.24, 2.45) is 5.41 Å². The Hall–Kier alpha value is -3.26. The van der Waals surface area contributed by atoms with Crippen molar-refractivity contribution in [3.05, 3.63) is 76.7 Å². The van der Waals surface area contributed by atoms with E-state index >= 15 is 0 Å². The van der Waals surface area contributed by atoms with Crippen LogP contribution in [0, 0.1) is 17.0 Å². The monoisotopic (exact) mass is 464 g/mol. The minimum atomic E-state index is -0.677. The summed E-state index contributed by atoms with van der Waals surface area (Å²) in [5.41, 5.74) is 1.97. The van der Waals surface area contributed by atoms with Crippen molar-refractivity contribution >= 4 is 5.91 Å². The first-order valence-electron chi connectivity index (χ1n) is 11.4. The highest BCUT2D eigenvalue weighted by molar-refractivity contribution is 5.94. The molecule has 2 aliphatic carbocycles. The smallest absolute Gasteiger partial charge is 0.251 e. The normalized spacial score (nSPS) is 22.9. The SMILES string of the molecule is CC(CO)NC(=O)c1ccnc([C@]23CC[C@@H](c4cc(-c5c(F)cccc5F)nnc42)C3(C)C)c1. The van der Waals surface area contributed by atoms with Gasteiger partial charge in [0.1, 0.15) is 11.6 Å². The number of aromatic nitrogens is 3. The minimum absolute atomic E-state index is 0.111. The van der Waals surface area contributed by atoms with E-state index in [4.69, 9.17) is 0 Å². The van der Waals surface area contributed by atoms with E-state index in [0.29, 0.717) is 5.56 Å². The van der Waals surface area contributed by atoms with E-state index in [9.17, 15) is 18.7 Å². The van der Waals surface area contributed by atoms with E-state index in [1.807, 2.05) is 0 Å². The summed E-state index contributed by atoms with van der Waals surface area (Å²) >= 11 is 0. The molecular formula is C26H26F2N4O2. The molecule has 34 heavy (non-hydrogen) atoms. The van der Waals surface area contributed by atoms with Crippen LogP contribution in [-0.2, 0) is 5.41 Å². The lowest BCUT2D eigenvalue weighted by molar-refractivity contribution is 0.0921. The standard InChI is InChI=1S/C26H26F2N4O2/c1-14(13-33)30-24(34)15-8-10-29-21(11-15)26-9-7-17(25(26,2)3)16-12-20(31-32-23(16)26)22-18(27)5-4-6-19(22)28/h4-6,8,10-12,14,17,33H,7,9,13H2,1-3H3,(H,30,34)/t14?,17-,26+/m0/s1. The number of amides is 1. The molecule has 2 N–H and O–H groups in total. The molecule has 1 fully saturated rings. The first-order chi connectivity index (χ1) is 16.2. The average molecular weight is 465 g/mol. The molecular weight excluding hydrogens is 438 g/mol. The zero-order valence-corrected chi connectivity index (χ0v) is 19.3. The molecule has 0 spiro atoms. The van der Waals surface area contributed by atoms with Gasteiger partial charge >= 0.3 is 0 Å². The quantitative estimate of drug-likeness (QED) is 0.593. The van der Waals surface area contributed by atoms with Crippen LogP contribution >= 0.6 is 0 Å². The number of carbonyl (C=O) groups is 1. The lowest BCUT2D eigenvalue weighted by Gasteiger charge is -2.37. The van der Waals surface area contributed by atoms with Gasteiger partial charge in [-0.05, 0) is 67.0 Å². The second kappa shape index (κ2) is 7.91. The van der Waals surface area contributed by atoms with E-state index < -0.39 is 17.0 Å². The Morgan fingerprint density at radius 3 is 2.65 bits per heavy atom. The summed E-state index contributed by atoms with van der Waals surface area (Å²) in [6.45, 7) is 5.87. The van der Waals surface area contributed by atoms with Gasteiger partial charge in [-0.25, -0.2) is 8.78 Å². The van der Waals surface area contributed by atoms with Crippen LogP contribution in [0.5, 0.6) is 0 Å². The highest BCUT2D eigenvalue weighted by Crippen LogP contribution is 2.69. The van der Waals surface area contributed by atoms with Crippen LogP contribution in [0.25, 0.3) is 11.3 Å². The van der Waals surface area contributed by atoms with Gasteiger partial charge in [-0.15, -0.1) is 5.10 Å². The van der Waals surface area contributed by atoms with Gasteiger partial charge in [-0.1, -0.05) is 19.9 Å². The molecule has 1 amide bonds. The van der Waals surface area contributed by atoms with Gasteiger partial charge in [-0.2, -0.15) is 5.10 Å². The molecule has 2 heterocycles. The van der Waals surface area contributed by atoms with Crippen LogP contribution in [0.4, 0.5) is 8.78 Å². The van der Waals surface area contributed by atoms with E-state index in [1.165, 1.54) is 18.2 Å². The topological polar surface area (TPSA) is 88.0 Å². The van der Waals surface area contributed by atoms with Crippen LogP contribution in [0.1, 0.15) is 66.8 Å². The molecule has 8 heteroatoms. The predicted octanol–water partition coefficient (Wildman–Crippen LogP) is 4.13. The summed E-state index contributed by atoms with van der Waals surface area (Å²) in [7, 11) is 0. The maximum atomic E-state index is 14.4. The molecule has 0 radical (unpaired) electrons. The number of pyridine rings is 1. The summed E-state index contributed by atoms with van der Waals surface area (Å²) in [4.78, 5) is 17.4. The molecule has 1 unspecified atom stereocenters. The largest absolute Gasteiger partial charge is 0.394 e. The van der Waals surface area contributed by atoms with Crippen molar-refractivity contribution < 1.29 is 18.7 Å². The second-order valence-corrected chi connectivity index (χ2v) is 9.84. The lowest BCUT2D eigenvalue weighted by Crippen LogP contribution is -2.39. The maximum Gasteiger partial charge on any atom is 0.251 e. The van der Waals surface area contributed by atoms with Crippen LogP contribution in [0.3, 0.4) is 0 Å². The van der Waals surface area contributed by atoms with Crippen molar-refractivity contribution in [3.63, 3.8) is 0 Å². The third-order valence-corrected chi connectivity index (χ3v) is 7.71. The number of hydrogen-bond acceptors (Lipinski definition) is 5. The zero-order chi connectivity index (χ0) is 24.3. The van der Waals surface area contributed by atoms with Crippen LogP contribution in [-0.4, -0.2) is 38.8 Å². The van der Waals surface area contributed by atoms with Gasteiger partial charge in [0, 0.05) is 17.8 Å². The molecule has 0 aliphatic heterocycles. The number of hydrogen-bond donors (Lipinski definition) is 2. The highest BCUT2D eigenvalue weighted by atomic mass is 19.1. The Balaban J connectivity index is 1.62. The molecule has 176 valence electrons. The summed E-state index contributed by atoms with van der Waals surface area (Å²) in [5.74, 6) is -1.53. The van der Waals surface area contributed by atoms with Gasteiger partial charge in [0.05, 0.1) is 34.7 Å². The first kappa shape index (κ1) is 22.5. The third kappa shape index (κ3) is 3.08. The summed E-state index contributed by atoms with van der Waals surface area (Å²) < 4.78 is 28.9. The molecule has 5 rings (SSSR count). The number of aliphatic hydroxyl groups is 1. The Labute approximate surface area is 196 Å². The number of aliphatic hydroxyl groups excluding tert-OH is 1. The number of nitrogens with zero attached hydrogens (tertiary/aromatic N) is 3. The highest BCUT2D eigenvalue weighted by Gasteiger charge is 2.65. The number of halogens is 2. The second-order valence-electron chi connectivity index (χ2n) is 9.84. The van der Waals surface area contributed by atoms with Gasteiger partial charge in [0.2, 0.25) is 0 Å². The number of nitrogens with one attached hydrogen (secondary N) is 1. The first-order valence-corrected chi connectivity index (χ1v) is 11.4. The number of carbonyl (C=O) groups excluding carboxylic acids is 1. The van der Waals surface area contributed by atoms with Crippen molar-refractivity contribution in [2.45, 2.75) is 51.0 Å². The molecule has 1 aromatic carbocycles. The fourth-order valence-corrected chi connectivity index (χ4v) is 5.91. The third-order valence-electron chi connectivity index (χ3n) is 7.71. The molecule has 1 saturated carbocycles. The van der Waals surface area contributed by atoms with Crippen molar-refractivity contribution in [2.75, 3.05) is 6.61 Å². The number of fused-ring (bicyclic) bond motifs is 5. The van der Waals surface area contributed by atoms with E-state index in [0.717, 1.165) is 29.8 Å². The fourth-order valence-electron chi connectivity index (χ4n) is 5.91. The predicted molar refractivity (Wildman–Crippen MR) is 122 cm³/mol. The molecule has 6 nitrogen and oxygen atoms in total. The molecule has 3 aromatic rings.